The van der Waals surface area contributed by atoms with E-state index in [0.717, 1.165) is 16.8 Å². The highest BCUT2D eigenvalue weighted by molar-refractivity contribution is 5.59. The van der Waals surface area contributed by atoms with E-state index in [1.807, 2.05) is 54.6 Å². The van der Waals surface area contributed by atoms with Crippen LogP contribution in [0.15, 0.2) is 60.7 Å². The lowest BCUT2D eigenvalue weighted by atomic mass is 9.78. The number of fused-ring (bicyclic) bond motifs is 2. The Morgan fingerprint density at radius 3 is 2.47 bits per heavy atom. The molecule has 2 N–H and O–H groups in total. The lowest BCUT2D eigenvalue weighted by Gasteiger charge is -2.39. The molecule has 2 aliphatic rings. The van der Waals surface area contributed by atoms with Crippen molar-refractivity contribution in [3.8, 4) is 28.7 Å². The molecule has 0 aliphatic carbocycles. The summed E-state index contributed by atoms with van der Waals surface area (Å²) in [6, 6.07) is 19.3. The smallest absolute Gasteiger partial charge is 0.231 e. The molecule has 2 aliphatic heterocycles. The normalized spacial score (nSPS) is 21.5. The summed E-state index contributed by atoms with van der Waals surface area (Å²) in [5.41, 5.74) is 2.69. The molecule has 0 spiro atoms. The van der Waals surface area contributed by atoms with Crippen LogP contribution in [0.25, 0.3) is 0 Å². The molecule has 30 heavy (non-hydrogen) atoms. The maximum absolute atomic E-state index is 10.9. The van der Waals surface area contributed by atoms with Crippen molar-refractivity contribution in [3.63, 3.8) is 0 Å². The zero-order valence-electron chi connectivity index (χ0n) is 16.8. The maximum atomic E-state index is 10.9. The SMILES string of the molecule is COc1cccc([C@H]2c3cc4c(cc3O[C@H](Nc3ccccc3)[C@H]2C)OCO4)c1O. The zero-order chi connectivity index (χ0) is 20.7. The molecule has 0 saturated carbocycles. The highest BCUT2D eigenvalue weighted by atomic mass is 16.7. The van der Waals surface area contributed by atoms with E-state index < -0.39 is 0 Å². The molecule has 0 fully saturated rings. The van der Waals surface area contributed by atoms with E-state index in [1.165, 1.54) is 0 Å². The molecule has 3 aromatic rings. The van der Waals surface area contributed by atoms with Crippen LogP contribution in [-0.4, -0.2) is 25.2 Å². The van der Waals surface area contributed by atoms with Crippen LogP contribution >= 0.6 is 0 Å². The van der Waals surface area contributed by atoms with Crippen LogP contribution < -0.4 is 24.3 Å². The van der Waals surface area contributed by atoms with Crippen LogP contribution in [0.4, 0.5) is 5.69 Å². The molecule has 6 heteroatoms. The predicted molar refractivity (Wildman–Crippen MR) is 113 cm³/mol. The lowest BCUT2D eigenvalue weighted by Crippen LogP contribution is -2.40. The summed E-state index contributed by atoms with van der Waals surface area (Å²) < 4.78 is 22.9. The summed E-state index contributed by atoms with van der Waals surface area (Å²) in [5.74, 6) is 2.50. The van der Waals surface area contributed by atoms with Gasteiger partial charge in [0.1, 0.15) is 5.75 Å². The first-order valence-electron chi connectivity index (χ1n) is 9.93. The summed E-state index contributed by atoms with van der Waals surface area (Å²) in [6.07, 6.45) is -0.309. The van der Waals surface area contributed by atoms with Gasteiger partial charge in [-0.05, 0) is 24.3 Å². The largest absolute Gasteiger partial charge is 0.504 e. The second-order valence-electron chi connectivity index (χ2n) is 7.53. The number of ether oxygens (including phenoxy) is 4. The molecule has 0 amide bonds. The number of phenolic OH excluding ortho intramolecular Hbond substituents is 1. The van der Waals surface area contributed by atoms with Crippen LogP contribution in [0.3, 0.4) is 0 Å². The third-order valence-electron chi connectivity index (χ3n) is 5.77. The van der Waals surface area contributed by atoms with E-state index in [0.29, 0.717) is 23.0 Å². The molecule has 0 saturated heterocycles. The molecule has 0 aromatic heterocycles. The van der Waals surface area contributed by atoms with Crippen molar-refractivity contribution in [2.45, 2.75) is 19.1 Å². The van der Waals surface area contributed by atoms with Crippen molar-refractivity contribution < 1.29 is 24.1 Å². The number of nitrogens with one attached hydrogen (secondary N) is 1. The number of para-hydroxylation sites is 2. The Bertz CT molecular complexity index is 1070. The van der Waals surface area contributed by atoms with Gasteiger partial charge >= 0.3 is 0 Å². The fourth-order valence-corrected chi connectivity index (χ4v) is 4.25. The summed E-state index contributed by atoms with van der Waals surface area (Å²) in [6.45, 7) is 2.30. The van der Waals surface area contributed by atoms with Gasteiger partial charge in [-0.15, -0.1) is 0 Å². The van der Waals surface area contributed by atoms with Gasteiger partial charge in [-0.3, -0.25) is 0 Å². The first kappa shape index (κ1) is 18.5. The number of methoxy groups -OCH3 is 1. The van der Waals surface area contributed by atoms with Crippen molar-refractivity contribution in [1.29, 1.82) is 0 Å². The summed E-state index contributed by atoms with van der Waals surface area (Å²) in [7, 11) is 1.55. The monoisotopic (exact) mass is 405 g/mol. The molecule has 154 valence electrons. The Morgan fingerprint density at radius 2 is 1.70 bits per heavy atom. The van der Waals surface area contributed by atoms with E-state index in [4.69, 9.17) is 18.9 Å². The second kappa shape index (κ2) is 7.37. The predicted octanol–water partition coefficient (Wildman–Crippen LogP) is 4.73. The van der Waals surface area contributed by atoms with Crippen LogP contribution in [-0.2, 0) is 0 Å². The Balaban J connectivity index is 1.62. The minimum atomic E-state index is -0.309. The number of hydrogen-bond donors (Lipinski definition) is 2. The molecule has 3 aromatic carbocycles. The summed E-state index contributed by atoms with van der Waals surface area (Å²) in [5, 5.41) is 14.4. The average Bonchev–Trinajstić information content (AvgIpc) is 3.22. The van der Waals surface area contributed by atoms with Gasteiger partial charge in [0.05, 0.1) is 7.11 Å². The Hall–Kier alpha value is -3.54. The van der Waals surface area contributed by atoms with Crippen LogP contribution in [0.2, 0.25) is 0 Å². The molecule has 5 rings (SSSR count). The lowest BCUT2D eigenvalue weighted by molar-refractivity contribution is 0.133. The minimum absolute atomic E-state index is 0.00363. The number of anilines is 1. The van der Waals surface area contributed by atoms with E-state index in [9.17, 15) is 5.11 Å². The number of phenols is 1. The Labute approximate surface area is 175 Å². The van der Waals surface area contributed by atoms with Gasteiger partial charge in [0, 0.05) is 34.7 Å². The molecular weight excluding hydrogens is 382 g/mol. The highest BCUT2D eigenvalue weighted by Gasteiger charge is 2.39. The van der Waals surface area contributed by atoms with E-state index in [1.54, 1.807) is 13.2 Å². The molecular formula is C24H23NO5. The van der Waals surface area contributed by atoms with Gasteiger partial charge in [-0.1, -0.05) is 37.3 Å². The third kappa shape index (κ3) is 3.05. The van der Waals surface area contributed by atoms with Gasteiger partial charge < -0.3 is 29.4 Å². The standard InChI is InChI=1S/C24H23NO5/c1-14-22(16-9-6-10-18(27-2)23(16)26)17-11-20-21(29-13-28-20)12-19(17)30-24(14)25-15-7-4-3-5-8-15/h3-12,14,22,24-26H,13H2,1-2H3/t14-,22-,24-/m0/s1. The van der Waals surface area contributed by atoms with E-state index in [-0.39, 0.29) is 30.6 Å². The molecule has 3 atom stereocenters. The first-order valence-corrected chi connectivity index (χ1v) is 9.93. The van der Waals surface area contributed by atoms with Crippen LogP contribution in [0, 0.1) is 5.92 Å². The number of aromatic hydroxyl groups is 1. The Morgan fingerprint density at radius 1 is 0.933 bits per heavy atom. The minimum Gasteiger partial charge on any atom is -0.504 e. The molecule has 0 unspecified atom stereocenters. The van der Waals surface area contributed by atoms with E-state index in [2.05, 4.69) is 12.2 Å². The van der Waals surface area contributed by atoms with Gasteiger partial charge in [0.15, 0.2) is 29.2 Å². The molecule has 2 heterocycles. The van der Waals surface area contributed by atoms with Gasteiger partial charge in [0.2, 0.25) is 6.79 Å². The maximum Gasteiger partial charge on any atom is 0.231 e. The van der Waals surface area contributed by atoms with Crippen molar-refractivity contribution in [2.75, 3.05) is 19.2 Å². The van der Waals surface area contributed by atoms with Crippen molar-refractivity contribution in [3.05, 3.63) is 71.8 Å². The average molecular weight is 405 g/mol. The highest BCUT2D eigenvalue weighted by Crippen LogP contribution is 2.51. The van der Waals surface area contributed by atoms with Gasteiger partial charge in [0.25, 0.3) is 0 Å². The van der Waals surface area contributed by atoms with Crippen molar-refractivity contribution in [2.24, 2.45) is 5.92 Å². The number of rotatable bonds is 4. The van der Waals surface area contributed by atoms with Crippen LogP contribution in [0.5, 0.6) is 28.7 Å². The third-order valence-corrected chi connectivity index (χ3v) is 5.77. The topological polar surface area (TPSA) is 69.2 Å². The van der Waals surface area contributed by atoms with Gasteiger partial charge in [-0.25, -0.2) is 0 Å². The van der Waals surface area contributed by atoms with E-state index >= 15 is 0 Å². The molecule has 0 bridgehead atoms. The fourth-order valence-electron chi connectivity index (χ4n) is 4.25. The fraction of sp³-hybridized carbons (Fsp3) is 0.250. The first-order chi connectivity index (χ1) is 14.7. The molecule has 6 nitrogen and oxygen atoms in total. The van der Waals surface area contributed by atoms with Gasteiger partial charge in [-0.2, -0.15) is 0 Å². The number of benzene rings is 3. The summed E-state index contributed by atoms with van der Waals surface area (Å²) in [4.78, 5) is 0. The van der Waals surface area contributed by atoms with Crippen molar-refractivity contribution in [1.82, 2.24) is 0 Å². The number of hydrogen-bond acceptors (Lipinski definition) is 6. The van der Waals surface area contributed by atoms with Crippen LogP contribution in [0.1, 0.15) is 24.0 Å². The Kier molecular flexibility index (Phi) is 4.54. The quantitative estimate of drug-likeness (QED) is 0.654. The second-order valence-corrected chi connectivity index (χ2v) is 7.53. The molecule has 0 radical (unpaired) electrons. The van der Waals surface area contributed by atoms with Crippen molar-refractivity contribution >= 4 is 5.69 Å². The zero-order valence-corrected chi connectivity index (χ0v) is 16.8. The summed E-state index contributed by atoms with van der Waals surface area (Å²) >= 11 is 0.